The van der Waals surface area contributed by atoms with Crippen LogP contribution in [0.5, 0.6) is 0 Å². The van der Waals surface area contributed by atoms with Crippen LogP contribution < -0.4 is 10.9 Å². The third kappa shape index (κ3) is 4.35. The number of nitrogens with one attached hydrogen (secondary N) is 1. The van der Waals surface area contributed by atoms with E-state index in [9.17, 15) is 36.6 Å². The fraction of sp³-hybridized carbons (Fsp3) is 0.429. The van der Waals surface area contributed by atoms with Crippen LogP contribution in [0.15, 0.2) is 16.9 Å². The Bertz CT molecular complexity index is 1690. The predicted octanol–water partition coefficient (Wildman–Crippen LogP) is 3.71. The van der Waals surface area contributed by atoms with Crippen molar-refractivity contribution >= 4 is 23.3 Å². The number of nitrogens with zero attached hydrogens (tertiary/aromatic N) is 2. The van der Waals surface area contributed by atoms with Crippen LogP contribution in [0.2, 0.25) is 0 Å². The summed E-state index contributed by atoms with van der Waals surface area (Å²) in [5.74, 6) is -5.65. The number of aliphatic hydroxyl groups is 1. The molecular formula is C28H26F5N3O6. The van der Waals surface area contributed by atoms with Crippen LogP contribution in [0.1, 0.15) is 59.2 Å². The van der Waals surface area contributed by atoms with Gasteiger partial charge in [0.1, 0.15) is 12.4 Å². The lowest BCUT2D eigenvalue weighted by molar-refractivity contribution is -0.172. The van der Waals surface area contributed by atoms with E-state index < -0.39 is 47.9 Å². The van der Waals surface area contributed by atoms with E-state index in [0.29, 0.717) is 34.1 Å². The normalized spacial score (nSPS) is 20.4. The summed E-state index contributed by atoms with van der Waals surface area (Å²) in [6, 6.07) is 1.94. The topological polar surface area (TPSA) is 131 Å². The number of rotatable bonds is 5. The number of benzene rings is 1. The van der Waals surface area contributed by atoms with E-state index in [4.69, 9.17) is 14.6 Å². The number of alkyl halides is 4. The largest absolute Gasteiger partial charge is 0.483 e. The highest BCUT2D eigenvalue weighted by Crippen LogP contribution is 2.46. The minimum atomic E-state index is -4.26. The number of pyridine rings is 2. The third-order valence-electron chi connectivity index (χ3n) is 8.28. The lowest BCUT2D eigenvalue weighted by Crippen LogP contribution is -2.44. The van der Waals surface area contributed by atoms with Gasteiger partial charge in [-0.2, -0.15) is 8.78 Å². The molecule has 0 saturated heterocycles. The summed E-state index contributed by atoms with van der Waals surface area (Å²) in [6.07, 6.45) is -3.35. The number of esters is 1. The van der Waals surface area contributed by atoms with Gasteiger partial charge in [-0.1, -0.05) is 6.92 Å². The molecule has 6 rings (SSSR count). The number of aryl methyl sites for hydroxylation is 1. The fourth-order valence-electron chi connectivity index (χ4n) is 6.10. The number of aromatic nitrogens is 2. The van der Waals surface area contributed by atoms with Gasteiger partial charge in [-0.3, -0.25) is 9.59 Å². The van der Waals surface area contributed by atoms with Crippen LogP contribution in [0.25, 0.3) is 22.3 Å². The van der Waals surface area contributed by atoms with Crippen molar-refractivity contribution < 1.29 is 46.5 Å². The molecule has 4 heterocycles. The molecule has 0 spiro atoms. The van der Waals surface area contributed by atoms with Gasteiger partial charge >= 0.3 is 18.3 Å². The van der Waals surface area contributed by atoms with E-state index >= 15 is 0 Å². The minimum absolute atomic E-state index is 0.00711. The van der Waals surface area contributed by atoms with Crippen molar-refractivity contribution in [3.05, 3.63) is 61.7 Å². The molecule has 2 aliphatic heterocycles. The molecule has 9 nitrogen and oxygen atoms in total. The van der Waals surface area contributed by atoms with Crippen molar-refractivity contribution in [2.45, 2.75) is 70.3 Å². The van der Waals surface area contributed by atoms with Crippen molar-refractivity contribution in [3.8, 4) is 11.4 Å². The van der Waals surface area contributed by atoms with Crippen LogP contribution in [-0.2, 0) is 39.5 Å². The number of fused-ring (bicyclic) bond motifs is 5. The zero-order valence-corrected chi connectivity index (χ0v) is 22.4. The number of ether oxygens (including phenoxy) is 1. The highest BCUT2D eigenvalue weighted by molar-refractivity contribution is 5.93. The summed E-state index contributed by atoms with van der Waals surface area (Å²) >= 11 is 0. The van der Waals surface area contributed by atoms with Crippen molar-refractivity contribution in [2.24, 2.45) is 0 Å². The molecule has 0 fully saturated rings. The number of hydrogen-bond donors (Lipinski definition) is 3. The van der Waals surface area contributed by atoms with Crippen LogP contribution in [0, 0.1) is 12.7 Å². The Kier molecular flexibility index (Phi) is 7.34. The maximum absolute atomic E-state index is 14.9. The molecule has 0 amide bonds. The van der Waals surface area contributed by atoms with Crippen molar-refractivity contribution in [1.29, 1.82) is 0 Å². The fourth-order valence-corrected chi connectivity index (χ4v) is 6.10. The van der Waals surface area contributed by atoms with E-state index in [1.54, 1.807) is 13.8 Å². The Morgan fingerprint density at radius 2 is 1.95 bits per heavy atom. The molecule has 0 saturated carbocycles. The molecule has 0 bridgehead atoms. The van der Waals surface area contributed by atoms with Crippen molar-refractivity contribution in [1.82, 2.24) is 14.9 Å². The number of carboxylic acid groups (broad SMARTS) is 1. The smallest absolute Gasteiger partial charge is 0.343 e. The molecule has 14 heteroatoms. The Labute approximate surface area is 234 Å². The summed E-state index contributed by atoms with van der Waals surface area (Å²) in [7, 11) is 0. The van der Waals surface area contributed by atoms with Crippen LogP contribution in [0.3, 0.4) is 0 Å². The molecule has 224 valence electrons. The van der Waals surface area contributed by atoms with Gasteiger partial charge in [0.15, 0.2) is 5.60 Å². The second kappa shape index (κ2) is 10.4. The van der Waals surface area contributed by atoms with E-state index in [0.717, 1.165) is 0 Å². The van der Waals surface area contributed by atoms with Gasteiger partial charge in [0.2, 0.25) is 0 Å². The van der Waals surface area contributed by atoms with Crippen LogP contribution in [-0.4, -0.2) is 51.1 Å². The third-order valence-corrected chi connectivity index (χ3v) is 8.28. The van der Waals surface area contributed by atoms with Crippen molar-refractivity contribution in [2.75, 3.05) is 6.54 Å². The molecule has 3 aliphatic rings. The van der Waals surface area contributed by atoms with E-state index in [1.807, 2.05) is 0 Å². The first-order chi connectivity index (χ1) is 19.8. The average molecular weight is 596 g/mol. The van der Waals surface area contributed by atoms with Gasteiger partial charge in [-0.15, -0.1) is 0 Å². The van der Waals surface area contributed by atoms with Gasteiger partial charge in [0.05, 0.1) is 35.6 Å². The summed E-state index contributed by atoms with van der Waals surface area (Å²) in [5, 5.41) is 21.1. The van der Waals surface area contributed by atoms with Crippen LogP contribution >= 0.6 is 0 Å². The van der Waals surface area contributed by atoms with Gasteiger partial charge in [0, 0.05) is 28.6 Å². The summed E-state index contributed by atoms with van der Waals surface area (Å²) < 4.78 is 74.9. The number of hydrogen-bond acceptors (Lipinski definition) is 7. The lowest BCUT2D eigenvalue weighted by atomic mass is 9.81. The van der Waals surface area contributed by atoms with Gasteiger partial charge < -0.3 is 24.8 Å². The highest BCUT2D eigenvalue weighted by atomic mass is 19.3. The lowest BCUT2D eigenvalue weighted by Gasteiger charge is -2.31. The minimum Gasteiger partial charge on any atom is -0.483 e. The number of cyclic esters (lactones) is 1. The standard InChI is InChI=1S/C27H24F5N3O4.CH2O2/c1-3-26(38)15-6-19-22-13(8-35(19)23(36)14(15)9-39-25(26)37)21-17(33-10-27(31,32)24(29)30)5-4-12-11(2)16(28)7-18(34-22)20(12)21;2-1-3/h6-7,17,24,33,38H,3-5,8-10H2,1-2H3;1H,(H,2,3)/t17-,26-;/m0./s1. The average Bonchev–Trinajstić information content (AvgIpc) is 3.32. The summed E-state index contributed by atoms with van der Waals surface area (Å²) in [6.45, 7) is 1.33. The monoisotopic (exact) mass is 595 g/mol. The van der Waals surface area contributed by atoms with Gasteiger partial charge in [-0.25, -0.2) is 22.9 Å². The second-order valence-corrected chi connectivity index (χ2v) is 10.5. The molecule has 42 heavy (non-hydrogen) atoms. The van der Waals surface area contributed by atoms with Crippen LogP contribution in [0.4, 0.5) is 22.0 Å². The van der Waals surface area contributed by atoms with Crippen molar-refractivity contribution in [3.63, 3.8) is 0 Å². The first kappa shape index (κ1) is 29.6. The second-order valence-electron chi connectivity index (χ2n) is 10.5. The summed E-state index contributed by atoms with van der Waals surface area (Å²) in [4.78, 5) is 39.0. The molecular weight excluding hydrogens is 569 g/mol. The number of carbonyl (C=O) groups excluding carboxylic acids is 1. The number of carbonyl (C=O) groups is 2. The van der Waals surface area contributed by atoms with Gasteiger partial charge in [-0.05, 0) is 48.9 Å². The van der Waals surface area contributed by atoms with E-state index in [-0.39, 0.29) is 60.5 Å². The highest BCUT2D eigenvalue weighted by Gasteiger charge is 2.46. The van der Waals surface area contributed by atoms with E-state index in [1.165, 1.54) is 16.7 Å². The molecule has 2 atom stereocenters. The molecule has 1 aliphatic carbocycles. The summed E-state index contributed by atoms with van der Waals surface area (Å²) in [5.41, 5.74) is 0.493. The zero-order chi connectivity index (χ0) is 30.7. The maximum Gasteiger partial charge on any atom is 0.343 e. The molecule has 2 aromatic heterocycles. The van der Waals surface area contributed by atoms with E-state index in [2.05, 4.69) is 10.3 Å². The molecule has 0 unspecified atom stereocenters. The first-order valence-electron chi connectivity index (χ1n) is 13.1. The first-order valence-corrected chi connectivity index (χ1v) is 13.1. The Morgan fingerprint density at radius 3 is 2.60 bits per heavy atom. The molecule has 3 N–H and O–H groups in total. The van der Waals surface area contributed by atoms with Gasteiger partial charge in [0.25, 0.3) is 12.0 Å². The molecule has 3 aromatic rings. The maximum atomic E-state index is 14.9. The Morgan fingerprint density at radius 1 is 1.26 bits per heavy atom. The number of halogens is 5. The predicted molar refractivity (Wildman–Crippen MR) is 138 cm³/mol. The molecule has 0 radical (unpaired) electrons. The Balaban J connectivity index is 0.00000113. The quantitative estimate of drug-likeness (QED) is 0.181. The Hall–Kier alpha value is -3.91. The SMILES string of the molecule is CC[C@@]1(O)C(=O)OCc2c1cc1n(c2=O)Cc2c-1nc1cc(F)c(C)c3c1c2[C@@H](NCC(F)(F)C(F)F)CC3.O=CO. The molecule has 1 aromatic carbocycles. The zero-order valence-electron chi connectivity index (χ0n) is 22.4.